The number of benzene rings is 1. The molecular weight excluding hydrogens is 248 g/mol. The zero-order valence-corrected chi connectivity index (χ0v) is 13.4. The van der Waals surface area contributed by atoms with E-state index in [9.17, 15) is 0 Å². The number of nitrogens with zero attached hydrogens (tertiary/aromatic N) is 2. The Kier molecular flexibility index (Phi) is 4.92. The molecule has 0 saturated carbocycles. The van der Waals surface area contributed by atoms with E-state index in [1.807, 2.05) is 6.07 Å². The van der Waals surface area contributed by atoms with Crippen LogP contribution in [0.25, 0.3) is 0 Å². The molecule has 1 unspecified atom stereocenters. The van der Waals surface area contributed by atoms with E-state index in [0.717, 1.165) is 24.6 Å². The topological polar surface area (TPSA) is 15.7 Å². The standard InChI is InChI=1S/C17H28N2O/c1-5-17(2)10-11-19(14-17)12-13-20-16-9-7-6-8-15(16)18(3)4/h6-9H,5,10-14H2,1-4H3. The van der Waals surface area contributed by atoms with E-state index in [4.69, 9.17) is 4.74 Å². The predicted molar refractivity (Wildman–Crippen MR) is 85.7 cm³/mol. The number of hydrogen-bond donors (Lipinski definition) is 0. The third-order valence-corrected chi connectivity index (χ3v) is 4.50. The highest BCUT2D eigenvalue weighted by atomic mass is 16.5. The molecule has 0 N–H and O–H groups in total. The molecule has 2 rings (SSSR count). The lowest BCUT2D eigenvalue weighted by molar-refractivity contribution is 0.216. The fourth-order valence-corrected chi connectivity index (χ4v) is 2.84. The minimum Gasteiger partial charge on any atom is -0.490 e. The Bertz CT molecular complexity index is 433. The van der Waals surface area contributed by atoms with Crippen LogP contribution >= 0.6 is 0 Å². The molecule has 0 spiro atoms. The van der Waals surface area contributed by atoms with Crippen molar-refractivity contribution in [3.63, 3.8) is 0 Å². The van der Waals surface area contributed by atoms with Gasteiger partial charge in [0.05, 0.1) is 5.69 Å². The smallest absolute Gasteiger partial charge is 0.142 e. The Morgan fingerprint density at radius 3 is 2.70 bits per heavy atom. The Morgan fingerprint density at radius 1 is 1.30 bits per heavy atom. The molecule has 0 bridgehead atoms. The Hall–Kier alpha value is -1.22. The van der Waals surface area contributed by atoms with E-state index >= 15 is 0 Å². The van der Waals surface area contributed by atoms with Crippen LogP contribution in [-0.4, -0.2) is 45.2 Å². The second-order valence-corrected chi connectivity index (χ2v) is 6.40. The van der Waals surface area contributed by atoms with Crippen LogP contribution in [0.5, 0.6) is 5.75 Å². The van der Waals surface area contributed by atoms with Crippen molar-refractivity contribution in [1.82, 2.24) is 4.90 Å². The van der Waals surface area contributed by atoms with Gasteiger partial charge in [0, 0.05) is 27.2 Å². The SMILES string of the molecule is CCC1(C)CCN(CCOc2ccccc2N(C)C)C1. The number of anilines is 1. The lowest BCUT2D eigenvalue weighted by Gasteiger charge is -2.23. The van der Waals surface area contributed by atoms with Crippen LogP contribution in [0, 0.1) is 5.41 Å². The molecule has 0 aromatic heterocycles. The first kappa shape index (κ1) is 15.2. The van der Waals surface area contributed by atoms with Gasteiger partial charge in [0.25, 0.3) is 0 Å². The van der Waals surface area contributed by atoms with Gasteiger partial charge in [-0.1, -0.05) is 26.0 Å². The van der Waals surface area contributed by atoms with Crippen LogP contribution in [0.1, 0.15) is 26.7 Å². The molecule has 0 amide bonds. The number of hydrogen-bond acceptors (Lipinski definition) is 3. The largest absolute Gasteiger partial charge is 0.490 e. The highest BCUT2D eigenvalue weighted by molar-refractivity contribution is 5.57. The van der Waals surface area contributed by atoms with Gasteiger partial charge in [0.2, 0.25) is 0 Å². The van der Waals surface area contributed by atoms with Crippen LogP contribution in [0.3, 0.4) is 0 Å². The summed E-state index contributed by atoms with van der Waals surface area (Å²) in [4.78, 5) is 4.63. The van der Waals surface area contributed by atoms with E-state index < -0.39 is 0 Å². The van der Waals surface area contributed by atoms with Gasteiger partial charge < -0.3 is 9.64 Å². The summed E-state index contributed by atoms with van der Waals surface area (Å²) in [6.45, 7) is 8.91. The maximum atomic E-state index is 5.98. The van der Waals surface area contributed by atoms with Gasteiger partial charge in [-0.25, -0.2) is 0 Å². The lowest BCUT2D eigenvalue weighted by Crippen LogP contribution is -2.28. The summed E-state index contributed by atoms with van der Waals surface area (Å²) in [6.07, 6.45) is 2.59. The van der Waals surface area contributed by atoms with Gasteiger partial charge in [-0.3, -0.25) is 4.90 Å². The highest BCUT2D eigenvalue weighted by Gasteiger charge is 2.31. The average Bonchev–Trinajstić information content (AvgIpc) is 2.82. The summed E-state index contributed by atoms with van der Waals surface area (Å²) in [5, 5.41) is 0. The maximum Gasteiger partial charge on any atom is 0.142 e. The summed E-state index contributed by atoms with van der Waals surface area (Å²) in [5.41, 5.74) is 1.66. The highest BCUT2D eigenvalue weighted by Crippen LogP contribution is 2.32. The molecule has 1 saturated heterocycles. The van der Waals surface area contributed by atoms with Crippen molar-refractivity contribution in [2.24, 2.45) is 5.41 Å². The van der Waals surface area contributed by atoms with E-state index in [0.29, 0.717) is 5.41 Å². The van der Waals surface area contributed by atoms with Crippen LogP contribution in [0.15, 0.2) is 24.3 Å². The van der Waals surface area contributed by atoms with Gasteiger partial charge in [-0.15, -0.1) is 0 Å². The molecule has 1 heterocycles. The number of rotatable bonds is 6. The van der Waals surface area contributed by atoms with Crippen molar-refractivity contribution in [1.29, 1.82) is 0 Å². The zero-order chi connectivity index (χ0) is 14.6. The third kappa shape index (κ3) is 3.66. The van der Waals surface area contributed by atoms with Crippen LogP contribution in [-0.2, 0) is 0 Å². The van der Waals surface area contributed by atoms with E-state index in [-0.39, 0.29) is 0 Å². The number of likely N-dealkylation sites (tertiary alicyclic amines) is 1. The summed E-state index contributed by atoms with van der Waals surface area (Å²) in [5.74, 6) is 0.981. The van der Waals surface area contributed by atoms with Crippen molar-refractivity contribution in [3.05, 3.63) is 24.3 Å². The first-order valence-corrected chi connectivity index (χ1v) is 7.65. The van der Waals surface area contributed by atoms with Crippen molar-refractivity contribution in [3.8, 4) is 5.75 Å². The fourth-order valence-electron chi connectivity index (χ4n) is 2.84. The maximum absolute atomic E-state index is 5.98. The molecular formula is C17H28N2O. The normalized spacial score (nSPS) is 23.0. The molecule has 112 valence electrons. The van der Waals surface area contributed by atoms with E-state index in [1.165, 1.54) is 25.9 Å². The summed E-state index contributed by atoms with van der Waals surface area (Å²) >= 11 is 0. The second kappa shape index (κ2) is 6.49. The van der Waals surface area contributed by atoms with Crippen molar-refractivity contribution in [2.75, 3.05) is 45.2 Å². The van der Waals surface area contributed by atoms with E-state index in [1.54, 1.807) is 0 Å². The molecule has 20 heavy (non-hydrogen) atoms. The molecule has 1 aromatic carbocycles. The molecule has 3 nitrogen and oxygen atoms in total. The molecule has 1 atom stereocenters. The van der Waals surface area contributed by atoms with Gasteiger partial charge in [0.15, 0.2) is 0 Å². The van der Waals surface area contributed by atoms with Gasteiger partial charge >= 0.3 is 0 Å². The molecule has 0 aliphatic carbocycles. The number of para-hydroxylation sites is 2. The summed E-state index contributed by atoms with van der Waals surface area (Å²) in [6, 6.07) is 8.23. The van der Waals surface area contributed by atoms with Crippen molar-refractivity contribution >= 4 is 5.69 Å². The van der Waals surface area contributed by atoms with Gasteiger partial charge in [-0.2, -0.15) is 0 Å². The molecule has 0 radical (unpaired) electrons. The predicted octanol–water partition coefficient (Wildman–Crippen LogP) is 3.25. The Balaban J connectivity index is 1.82. The minimum absolute atomic E-state index is 0.515. The summed E-state index contributed by atoms with van der Waals surface area (Å²) < 4.78 is 5.98. The third-order valence-electron chi connectivity index (χ3n) is 4.50. The molecule has 1 fully saturated rings. The Morgan fingerprint density at radius 2 is 2.05 bits per heavy atom. The lowest BCUT2D eigenvalue weighted by atomic mass is 9.87. The zero-order valence-electron chi connectivity index (χ0n) is 13.4. The quantitative estimate of drug-likeness (QED) is 0.793. The molecule has 1 aliphatic rings. The summed E-state index contributed by atoms with van der Waals surface area (Å²) in [7, 11) is 4.10. The van der Waals surface area contributed by atoms with Crippen LogP contribution in [0.4, 0.5) is 5.69 Å². The molecule has 3 heteroatoms. The second-order valence-electron chi connectivity index (χ2n) is 6.40. The van der Waals surface area contributed by atoms with Crippen molar-refractivity contribution < 1.29 is 4.74 Å². The first-order chi connectivity index (χ1) is 9.54. The Labute approximate surface area is 123 Å². The van der Waals surface area contributed by atoms with E-state index in [2.05, 4.69) is 55.9 Å². The van der Waals surface area contributed by atoms with Crippen LogP contribution < -0.4 is 9.64 Å². The van der Waals surface area contributed by atoms with Gasteiger partial charge in [0.1, 0.15) is 12.4 Å². The van der Waals surface area contributed by atoms with Crippen molar-refractivity contribution in [2.45, 2.75) is 26.7 Å². The average molecular weight is 276 g/mol. The minimum atomic E-state index is 0.515. The monoisotopic (exact) mass is 276 g/mol. The van der Waals surface area contributed by atoms with Crippen LogP contribution in [0.2, 0.25) is 0 Å². The fraction of sp³-hybridized carbons (Fsp3) is 0.647. The molecule has 1 aromatic rings. The first-order valence-electron chi connectivity index (χ1n) is 7.65. The number of ether oxygens (including phenoxy) is 1. The van der Waals surface area contributed by atoms with Gasteiger partial charge in [-0.05, 0) is 36.9 Å². The molecule has 1 aliphatic heterocycles.